The van der Waals surface area contributed by atoms with Crippen LogP contribution in [0.4, 0.5) is 21.6 Å². The third-order valence-electron chi connectivity index (χ3n) is 6.72. The molecule has 0 bridgehead atoms. The number of cyclic esters (lactones) is 1. The van der Waals surface area contributed by atoms with Crippen LogP contribution in [0.3, 0.4) is 0 Å². The number of hydrogen-bond donors (Lipinski definition) is 2. The van der Waals surface area contributed by atoms with E-state index in [-0.39, 0.29) is 41.7 Å². The molecule has 3 heterocycles. The van der Waals surface area contributed by atoms with Crippen molar-refractivity contribution in [3.05, 3.63) is 59.7 Å². The maximum Gasteiger partial charge on any atom is 0.320 e. The highest BCUT2D eigenvalue weighted by molar-refractivity contribution is 6.31. The summed E-state index contributed by atoms with van der Waals surface area (Å²) in [5.74, 6) is -0.311. The van der Waals surface area contributed by atoms with Gasteiger partial charge in [-0.05, 0) is 38.1 Å². The number of anilines is 3. The quantitative estimate of drug-likeness (QED) is 0.299. The molecule has 2 fully saturated rings. The number of aromatic nitrogens is 2. The summed E-state index contributed by atoms with van der Waals surface area (Å²) in [6.07, 6.45) is 5.09. The molecule has 210 valence electrons. The number of amides is 1. The topological polar surface area (TPSA) is 115 Å². The lowest BCUT2D eigenvalue weighted by atomic mass is 10.0. The van der Waals surface area contributed by atoms with Crippen molar-refractivity contribution in [3.63, 3.8) is 0 Å². The molecular weight excluding hydrogens is 541 g/mol. The fraction of sp³-hybridized carbons (Fsp3) is 0.357. The van der Waals surface area contributed by atoms with Crippen LogP contribution in [0.25, 0.3) is 10.9 Å². The minimum Gasteiger partial charge on any atom is -0.486 e. The van der Waals surface area contributed by atoms with E-state index in [0.717, 1.165) is 6.42 Å². The number of fused-ring (bicyclic) bond motifs is 1. The van der Waals surface area contributed by atoms with Crippen LogP contribution in [0.15, 0.2) is 48.8 Å². The third-order valence-corrected chi connectivity index (χ3v) is 7.01. The van der Waals surface area contributed by atoms with Crippen molar-refractivity contribution in [2.24, 2.45) is 0 Å². The summed E-state index contributed by atoms with van der Waals surface area (Å²) < 4.78 is 30.4. The summed E-state index contributed by atoms with van der Waals surface area (Å²) in [5.41, 5.74) is 1.20. The Hall–Kier alpha value is -3.80. The van der Waals surface area contributed by atoms with E-state index >= 15 is 0 Å². The molecule has 3 aromatic rings. The number of morpholine rings is 1. The number of hydrogen-bond acceptors (Lipinski definition) is 9. The summed E-state index contributed by atoms with van der Waals surface area (Å²) in [7, 11) is 0. The van der Waals surface area contributed by atoms with Gasteiger partial charge in [0.1, 0.15) is 36.4 Å². The minimum absolute atomic E-state index is 0.0256. The number of ether oxygens (including phenoxy) is 3. The summed E-state index contributed by atoms with van der Waals surface area (Å²) in [4.78, 5) is 35.4. The Morgan fingerprint density at radius 1 is 1.30 bits per heavy atom. The molecule has 1 atom stereocenters. The average molecular weight is 570 g/mol. The highest BCUT2D eigenvalue weighted by Gasteiger charge is 2.34. The molecule has 2 aromatic carbocycles. The Morgan fingerprint density at radius 3 is 2.92 bits per heavy atom. The van der Waals surface area contributed by atoms with Crippen molar-refractivity contribution in [1.29, 1.82) is 0 Å². The van der Waals surface area contributed by atoms with Gasteiger partial charge in [0, 0.05) is 36.2 Å². The first-order chi connectivity index (χ1) is 19.2. The van der Waals surface area contributed by atoms with E-state index in [9.17, 15) is 14.0 Å². The first-order valence-electron chi connectivity index (χ1n) is 12.8. The molecule has 0 aliphatic carbocycles. The lowest BCUT2D eigenvalue weighted by Crippen LogP contribution is -2.54. The number of benzene rings is 2. The zero-order valence-corrected chi connectivity index (χ0v) is 22.8. The zero-order chi connectivity index (χ0) is 28.3. The van der Waals surface area contributed by atoms with Crippen LogP contribution in [0.2, 0.25) is 5.02 Å². The van der Waals surface area contributed by atoms with Gasteiger partial charge >= 0.3 is 5.97 Å². The molecule has 40 heavy (non-hydrogen) atoms. The van der Waals surface area contributed by atoms with E-state index in [1.54, 1.807) is 24.3 Å². The number of nitrogens with one attached hydrogen (secondary N) is 2. The predicted octanol–water partition coefficient (Wildman–Crippen LogP) is 4.47. The number of rotatable bonds is 8. The maximum absolute atomic E-state index is 13.6. The Bertz CT molecular complexity index is 1460. The first kappa shape index (κ1) is 27.8. The van der Waals surface area contributed by atoms with Gasteiger partial charge in [-0.25, -0.2) is 14.4 Å². The number of esters is 1. The van der Waals surface area contributed by atoms with Crippen molar-refractivity contribution < 1.29 is 28.2 Å². The minimum atomic E-state index is -0.528. The first-order valence-corrected chi connectivity index (χ1v) is 13.2. The van der Waals surface area contributed by atoms with Gasteiger partial charge < -0.3 is 24.8 Å². The molecule has 2 saturated heterocycles. The fourth-order valence-corrected chi connectivity index (χ4v) is 4.59. The van der Waals surface area contributed by atoms with E-state index in [1.165, 1.54) is 24.5 Å². The van der Waals surface area contributed by atoms with Crippen molar-refractivity contribution in [3.8, 4) is 5.75 Å². The summed E-state index contributed by atoms with van der Waals surface area (Å²) in [5, 5.41) is 6.61. The molecule has 0 saturated carbocycles. The standard InChI is InChI=1S/C28H29ClFN5O5/c1-28(2)15-39-26(37)13-35(28)8-3-4-25(36)34-23-11-19-22(12-24(23)40-18-7-9-38-14-18)31-16-32-27(19)33-17-5-6-21(30)20(29)10-17/h3-6,10-12,16,18H,7-9,13-15H2,1-2H3,(H,34,36)(H,31,32,33)/b4-3+/t18-/m0/s1. The van der Waals surface area contributed by atoms with Crippen LogP contribution in [0, 0.1) is 5.82 Å². The molecule has 0 unspecified atom stereocenters. The van der Waals surface area contributed by atoms with Crippen LogP contribution in [-0.2, 0) is 19.1 Å². The Morgan fingerprint density at radius 2 is 2.15 bits per heavy atom. The van der Waals surface area contributed by atoms with E-state index in [1.807, 2.05) is 18.7 Å². The SMILES string of the molecule is CC1(C)COC(=O)CN1C/C=C/C(=O)Nc1cc2c(Nc3ccc(F)c(Cl)c3)ncnc2cc1O[C@H]1CCOC1. The van der Waals surface area contributed by atoms with Crippen LogP contribution >= 0.6 is 11.6 Å². The van der Waals surface area contributed by atoms with Crippen LogP contribution in [-0.4, -0.2) is 71.3 Å². The van der Waals surface area contributed by atoms with Crippen molar-refractivity contribution in [2.45, 2.75) is 31.9 Å². The van der Waals surface area contributed by atoms with Crippen LogP contribution < -0.4 is 15.4 Å². The van der Waals surface area contributed by atoms with E-state index in [0.29, 0.717) is 53.6 Å². The Balaban J connectivity index is 1.40. The number of halogens is 2. The van der Waals surface area contributed by atoms with Gasteiger partial charge in [-0.2, -0.15) is 0 Å². The molecule has 2 N–H and O–H groups in total. The predicted molar refractivity (Wildman–Crippen MR) is 148 cm³/mol. The largest absolute Gasteiger partial charge is 0.486 e. The molecule has 1 aromatic heterocycles. The molecule has 10 nitrogen and oxygen atoms in total. The maximum atomic E-state index is 13.6. The second-order valence-electron chi connectivity index (χ2n) is 10.2. The molecule has 5 rings (SSSR count). The lowest BCUT2D eigenvalue weighted by molar-refractivity contribution is -0.159. The summed E-state index contributed by atoms with van der Waals surface area (Å²) >= 11 is 5.94. The van der Waals surface area contributed by atoms with Gasteiger partial charge in [0.05, 0.1) is 41.5 Å². The number of carbonyl (C=O) groups excluding carboxylic acids is 2. The van der Waals surface area contributed by atoms with E-state index < -0.39 is 5.82 Å². The molecule has 12 heteroatoms. The van der Waals surface area contributed by atoms with Crippen LogP contribution in [0.1, 0.15) is 20.3 Å². The van der Waals surface area contributed by atoms with Crippen molar-refractivity contribution in [1.82, 2.24) is 14.9 Å². The third kappa shape index (κ3) is 6.49. The summed E-state index contributed by atoms with van der Waals surface area (Å²) in [6.45, 7) is 5.84. The second-order valence-corrected chi connectivity index (χ2v) is 10.6. The van der Waals surface area contributed by atoms with Crippen LogP contribution in [0.5, 0.6) is 5.75 Å². The monoisotopic (exact) mass is 569 g/mol. The smallest absolute Gasteiger partial charge is 0.320 e. The average Bonchev–Trinajstić information content (AvgIpc) is 3.42. The molecular formula is C28H29ClFN5O5. The molecule has 2 aliphatic rings. The summed E-state index contributed by atoms with van der Waals surface area (Å²) in [6, 6.07) is 7.72. The van der Waals surface area contributed by atoms with Gasteiger partial charge in [-0.15, -0.1) is 0 Å². The Labute approximate surface area is 235 Å². The molecule has 0 spiro atoms. The Kier molecular flexibility index (Phi) is 8.15. The van der Waals surface area contributed by atoms with E-state index in [2.05, 4.69) is 20.6 Å². The van der Waals surface area contributed by atoms with Crippen molar-refractivity contribution >= 4 is 51.6 Å². The van der Waals surface area contributed by atoms with Crippen molar-refractivity contribution in [2.75, 3.05) is 43.5 Å². The number of nitrogens with zero attached hydrogens (tertiary/aromatic N) is 3. The number of carbonyl (C=O) groups is 2. The second kappa shape index (κ2) is 11.7. The lowest BCUT2D eigenvalue weighted by Gasteiger charge is -2.40. The van der Waals surface area contributed by atoms with E-state index in [4.69, 9.17) is 25.8 Å². The fourth-order valence-electron chi connectivity index (χ4n) is 4.41. The molecule has 2 aliphatic heterocycles. The zero-order valence-electron chi connectivity index (χ0n) is 22.1. The van der Waals surface area contributed by atoms with Gasteiger partial charge in [-0.3, -0.25) is 14.5 Å². The van der Waals surface area contributed by atoms with Gasteiger partial charge in [0.25, 0.3) is 0 Å². The highest BCUT2D eigenvalue weighted by Crippen LogP contribution is 2.35. The molecule has 1 amide bonds. The highest BCUT2D eigenvalue weighted by atomic mass is 35.5. The van der Waals surface area contributed by atoms with Gasteiger partial charge in [0.2, 0.25) is 5.91 Å². The normalized spacial score (nSPS) is 19.1. The molecule has 0 radical (unpaired) electrons. The van der Waals surface area contributed by atoms with Gasteiger partial charge in [0.15, 0.2) is 0 Å². The van der Waals surface area contributed by atoms with Gasteiger partial charge in [-0.1, -0.05) is 17.7 Å².